The Morgan fingerprint density at radius 2 is 2.00 bits per heavy atom. The fourth-order valence-electron chi connectivity index (χ4n) is 1.98. The van der Waals surface area contributed by atoms with Gasteiger partial charge in [0.1, 0.15) is 18.0 Å². The molecule has 0 aliphatic carbocycles. The number of nitrogens with zero attached hydrogens (tertiary/aromatic N) is 3. The lowest BCUT2D eigenvalue weighted by Gasteiger charge is -2.30. The summed E-state index contributed by atoms with van der Waals surface area (Å²) in [6.07, 6.45) is 2.63. The summed E-state index contributed by atoms with van der Waals surface area (Å²) < 4.78 is 0. The quantitative estimate of drug-likeness (QED) is 0.792. The van der Waals surface area contributed by atoms with Crippen molar-refractivity contribution < 1.29 is 5.11 Å². The molecule has 108 valence electrons. The van der Waals surface area contributed by atoms with Gasteiger partial charge in [0.15, 0.2) is 0 Å². The Morgan fingerprint density at radius 3 is 2.53 bits per heavy atom. The van der Waals surface area contributed by atoms with Gasteiger partial charge in [-0.2, -0.15) is 0 Å². The highest BCUT2D eigenvalue weighted by Gasteiger charge is 2.20. The van der Waals surface area contributed by atoms with Crippen LogP contribution >= 0.6 is 0 Å². The molecule has 0 saturated heterocycles. The van der Waals surface area contributed by atoms with Crippen LogP contribution in [0.3, 0.4) is 0 Å². The van der Waals surface area contributed by atoms with E-state index in [1.807, 2.05) is 20.8 Å². The van der Waals surface area contributed by atoms with Crippen LogP contribution < -0.4 is 10.2 Å². The van der Waals surface area contributed by atoms with Crippen LogP contribution in [0.1, 0.15) is 39.7 Å². The topological polar surface area (TPSA) is 61.3 Å². The fourth-order valence-corrected chi connectivity index (χ4v) is 1.98. The molecule has 0 spiro atoms. The molecule has 0 amide bonds. The molecule has 1 heterocycles. The van der Waals surface area contributed by atoms with Gasteiger partial charge in [-0.05, 0) is 34.1 Å². The van der Waals surface area contributed by atoms with Gasteiger partial charge in [-0.25, -0.2) is 9.97 Å². The molecule has 0 atom stereocenters. The van der Waals surface area contributed by atoms with Crippen molar-refractivity contribution in [2.45, 2.75) is 46.6 Å². The minimum Gasteiger partial charge on any atom is -0.389 e. The monoisotopic (exact) mass is 266 g/mol. The minimum atomic E-state index is -0.746. The number of aliphatic hydroxyl groups is 1. The van der Waals surface area contributed by atoms with Crippen LogP contribution in [-0.4, -0.2) is 40.3 Å². The first-order chi connectivity index (χ1) is 8.89. The number of hydrogen-bond acceptors (Lipinski definition) is 5. The fraction of sp³-hybridized carbons (Fsp3) is 0.714. The Bertz CT molecular complexity index is 401. The molecule has 0 saturated carbocycles. The van der Waals surface area contributed by atoms with Crippen molar-refractivity contribution >= 4 is 11.6 Å². The summed E-state index contributed by atoms with van der Waals surface area (Å²) in [4.78, 5) is 10.7. The Morgan fingerprint density at radius 1 is 1.32 bits per heavy atom. The second-order valence-corrected chi connectivity index (χ2v) is 5.42. The zero-order valence-electron chi connectivity index (χ0n) is 12.7. The van der Waals surface area contributed by atoms with Gasteiger partial charge >= 0.3 is 0 Å². The average molecular weight is 266 g/mol. The van der Waals surface area contributed by atoms with Crippen molar-refractivity contribution in [2.75, 3.05) is 29.9 Å². The Hall–Kier alpha value is -1.36. The average Bonchev–Trinajstić information content (AvgIpc) is 2.34. The SMILES string of the molecule is CCCNc1ncnc(N(CC)CC(C)(C)O)c1C. The molecule has 2 N–H and O–H groups in total. The van der Waals surface area contributed by atoms with E-state index < -0.39 is 5.60 Å². The van der Waals surface area contributed by atoms with Crippen molar-refractivity contribution in [1.29, 1.82) is 0 Å². The summed E-state index contributed by atoms with van der Waals surface area (Å²) in [6, 6.07) is 0. The van der Waals surface area contributed by atoms with Gasteiger partial charge in [-0.1, -0.05) is 6.92 Å². The number of rotatable bonds is 7. The van der Waals surface area contributed by atoms with Gasteiger partial charge in [0.05, 0.1) is 5.60 Å². The lowest BCUT2D eigenvalue weighted by Crippen LogP contribution is -2.39. The highest BCUT2D eigenvalue weighted by molar-refractivity contribution is 5.58. The third-order valence-electron chi connectivity index (χ3n) is 2.86. The molecule has 0 bridgehead atoms. The van der Waals surface area contributed by atoms with E-state index in [1.54, 1.807) is 6.33 Å². The van der Waals surface area contributed by atoms with Crippen molar-refractivity contribution in [3.63, 3.8) is 0 Å². The summed E-state index contributed by atoms with van der Waals surface area (Å²) in [5.41, 5.74) is 0.284. The molecular weight excluding hydrogens is 240 g/mol. The van der Waals surface area contributed by atoms with E-state index >= 15 is 0 Å². The molecule has 0 aromatic carbocycles. The summed E-state index contributed by atoms with van der Waals surface area (Å²) in [5.74, 6) is 1.76. The lowest BCUT2D eigenvalue weighted by atomic mass is 10.1. The third kappa shape index (κ3) is 4.67. The van der Waals surface area contributed by atoms with E-state index in [1.165, 1.54) is 0 Å². The Kier molecular flexibility index (Phi) is 5.54. The van der Waals surface area contributed by atoms with E-state index in [0.29, 0.717) is 6.54 Å². The zero-order chi connectivity index (χ0) is 14.5. The first kappa shape index (κ1) is 15.7. The minimum absolute atomic E-state index is 0.550. The number of aromatic nitrogens is 2. The van der Waals surface area contributed by atoms with Crippen LogP contribution in [-0.2, 0) is 0 Å². The first-order valence-electron chi connectivity index (χ1n) is 6.91. The molecule has 1 aromatic rings. The standard InChI is InChI=1S/C14H26N4O/c1-6-8-15-12-11(3)13(17-10-16-12)18(7-2)9-14(4,5)19/h10,19H,6-9H2,1-5H3,(H,15,16,17). The van der Waals surface area contributed by atoms with Crippen molar-refractivity contribution in [1.82, 2.24) is 9.97 Å². The molecule has 5 nitrogen and oxygen atoms in total. The molecule has 0 aliphatic heterocycles. The van der Waals surface area contributed by atoms with Gasteiger partial charge in [-0.15, -0.1) is 0 Å². The molecule has 0 unspecified atom stereocenters. The van der Waals surface area contributed by atoms with E-state index in [-0.39, 0.29) is 0 Å². The second-order valence-electron chi connectivity index (χ2n) is 5.42. The highest BCUT2D eigenvalue weighted by Crippen LogP contribution is 2.23. The smallest absolute Gasteiger partial charge is 0.137 e. The highest BCUT2D eigenvalue weighted by atomic mass is 16.3. The zero-order valence-corrected chi connectivity index (χ0v) is 12.7. The Balaban J connectivity index is 2.97. The van der Waals surface area contributed by atoms with E-state index in [4.69, 9.17) is 0 Å². The van der Waals surface area contributed by atoms with Gasteiger partial charge < -0.3 is 15.3 Å². The predicted octanol–water partition coefficient (Wildman–Crippen LogP) is 2.20. The molecule has 1 rings (SSSR count). The number of anilines is 2. The maximum atomic E-state index is 9.98. The van der Waals surface area contributed by atoms with Crippen LogP contribution in [0.15, 0.2) is 6.33 Å². The van der Waals surface area contributed by atoms with Crippen LogP contribution in [0, 0.1) is 6.92 Å². The van der Waals surface area contributed by atoms with E-state index in [9.17, 15) is 5.11 Å². The lowest BCUT2D eigenvalue weighted by molar-refractivity contribution is 0.0874. The molecule has 0 fully saturated rings. The van der Waals surface area contributed by atoms with Crippen LogP contribution in [0.4, 0.5) is 11.6 Å². The summed E-state index contributed by atoms with van der Waals surface area (Å²) >= 11 is 0. The van der Waals surface area contributed by atoms with Gasteiger partial charge in [0.2, 0.25) is 0 Å². The third-order valence-corrected chi connectivity index (χ3v) is 2.86. The summed E-state index contributed by atoms with van der Waals surface area (Å²) in [6.45, 7) is 12.1. The molecular formula is C14H26N4O. The van der Waals surface area contributed by atoms with Crippen molar-refractivity contribution in [3.05, 3.63) is 11.9 Å². The van der Waals surface area contributed by atoms with E-state index in [2.05, 4.69) is 34.0 Å². The van der Waals surface area contributed by atoms with Crippen LogP contribution in [0.25, 0.3) is 0 Å². The molecule has 5 heteroatoms. The van der Waals surface area contributed by atoms with Gasteiger partial charge in [0, 0.05) is 25.2 Å². The van der Waals surface area contributed by atoms with Crippen LogP contribution in [0.5, 0.6) is 0 Å². The van der Waals surface area contributed by atoms with Crippen LogP contribution in [0.2, 0.25) is 0 Å². The maximum absolute atomic E-state index is 9.98. The Labute approximate surface area is 116 Å². The maximum Gasteiger partial charge on any atom is 0.137 e. The molecule has 19 heavy (non-hydrogen) atoms. The largest absolute Gasteiger partial charge is 0.389 e. The number of hydrogen-bond donors (Lipinski definition) is 2. The normalized spacial score (nSPS) is 11.5. The van der Waals surface area contributed by atoms with Gasteiger partial charge in [0.25, 0.3) is 0 Å². The summed E-state index contributed by atoms with van der Waals surface area (Å²) in [7, 11) is 0. The molecule has 0 aliphatic rings. The van der Waals surface area contributed by atoms with Crippen molar-refractivity contribution in [2.24, 2.45) is 0 Å². The first-order valence-corrected chi connectivity index (χ1v) is 6.91. The summed E-state index contributed by atoms with van der Waals surface area (Å²) in [5, 5.41) is 13.3. The number of nitrogens with one attached hydrogen (secondary N) is 1. The van der Waals surface area contributed by atoms with E-state index in [0.717, 1.165) is 36.7 Å². The van der Waals surface area contributed by atoms with Crippen molar-refractivity contribution in [3.8, 4) is 0 Å². The second kappa shape index (κ2) is 6.70. The molecule has 1 aromatic heterocycles. The number of likely N-dealkylation sites (N-methyl/N-ethyl adjacent to an activating group) is 1. The predicted molar refractivity (Wildman–Crippen MR) is 79.7 cm³/mol. The van der Waals surface area contributed by atoms with Gasteiger partial charge in [-0.3, -0.25) is 0 Å². The molecule has 0 radical (unpaired) electrons.